The van der Waals surface area contributed by atoms with Crippen molar-refractivity contribution in [1.29, 1.82) is 0 Å². The van der Waals surface area contributed by atoms with Crippen LogP contribution in [0.3, 0.4) is 0 Å². The molecule has 0 aliphatic carbocycles. The molecular weight excluding hydrogens is 378 g/mol. The number of aryl methyl sites for hydroxylation is 1. The molecule has 0 saturated heterocycles. The summed E-state index contributed by atoms with van der Waals surface area (Å²) in [5, 5.41) is 3.36. The highest BCUT2D eigenvalue weighted by Crippen LogP contribution is 2.26. The van der Waals surface area contributed by atoms with E-state index in [4.69, 9.17) is 10.5 Å². The van der Waals surface area contributed by atoms with Gasteiger partial charge >= 0.3 is 0 Å². The van der Waals surface area contributed by atoms with Crippen LogP contribution in [0.5, 0.6) is 5.75 Å². The van der Waals surface area contributed by atoms with Crippen molar-refractivity contribution in [2.24, 2.45) is 0 Å². The van der Waals surface area contributed by atoms with E-state index in [1.807, 2.05) is 55.6 Å². The molecule has 5 heteroatoms. The second-order valence-electron chi connectivity index (χ2n) is 5.84. The Hall–Kier alpha value is -2.53. The third kappa shape index (κ3) is 4.97. The minimum absolute atomic E-state index is 0.427. The van der Waals surface area contributed by atoms with E-state index in [1.54, 1.807) is 0 Å². The molecule has 0 fully saturated rings. The lowest BCUT2D eigenvalue weighted by Gasteiger charge is -2.12. The van der Waals surface area contributed by atoms with E-state index in [1.165, 1.54) is 5.56 Å². The molecule has 0 aliphatic heterocycles. The summed E-state index contributed by atoms with van der Waals surface area (Å²) < 4.78 is 6.90. The van der Waals surface area contributed by atoms with Gasteiger partial charge in [-0.05, 0) is 48.4 Å². The van der Waals surface area contributed by atoms with Crippen molar-refractivity contribution in [3.05, 3.63) is 82.1 Å². The van der Waals surface area contributed by atoms with Crippen molar-refractivity contribution >= 4 is 27.3 Å². The molecule has 0 saturated carbocycles. The van der Waals surface area contributed by atoms with Gasteiger partial charge in [0.1, 0.15) is 12.4 Å². The zero-order valence-corrected chi connectivity index (χ0v) is 15.6. The Labute approximate surface area is 156 Å². The van der Waals surface area contributed by atoms with Crippen molar-refractivity contribution in [3.63, 3.8) is 0 Å². The number of pyridine rings is 1. The van der Waals surface area contributed by atoms with Gasteiger partial charge in [-0.15, -0.1) is 0 Å². The topological polar surface area (TPSA) is 60.2 Å². The van der Waals surface area contributed by atoms with E-state index >= 15 is 0 Å². The first-order chi connectivity index (χ1) is 12.1. The second-order valence-corrected chi connectivity index (χ2v) is 6.76. The number of rotatable bonds is 6. The average molecular weight is 398 g/mol. The maximum Gasteiger partial charge on any atom is 0.130 e. The number of aromatic nitrogens is 1. The first-order valence-electron chi connectivity index (χ1n) is 8.02. The van der Waals surface area contributed by atoms with Gasteiger partial charge in [0.15, 0.2) is 0 Å². The molecule has 128 valence electrons. The Bertz CT molecular complexity index is 833. The van der Waals surface area contributed by atoms with Crippen molar-refractivity contribution in [2.45, 2.75) is 20.1 Å². The molecule has 0 atom stereocenters. The van der Waals surface area contributed by atoms with Crippen LogP contribution in [0.2, 0.25) is 0 Å². The zero-order chi connectivity index (χ0) is 17.6. The lowest BCUT2D eigenvalue weighted by Crippen LogP contribution is -2.04. The minimum Gasteiger partial charge on any atom is -0.487 e. The average Bonchev–Trinajstić information content (AvgIpc) is 2.62. The molecule has 1 aromatic heterocycles. The van der Waals surface area contributed by atoms with Crippen LogP contribution in [-0.2, 0) is 13.2 Å². The smallest absolute Gasteiger partial charge is 0.130 e. The van der Waals surface area contributed by atoms with Crippen LogP contribution in [0.25, 0.3) is 0 Å². The molecule has 0 aliphatic rings. The lowest BCUT2D eigenvalue weighted by atomic mass is 10.2. The van der Waals surface area contributed by atoms with E-state index in [9.17, 15) is 0 Å². The standard InChI is InChI=1S/C20H20BrN3O/c1-14-2-7-17(23-11-14)13-25-18-8-9-19(22)20(10-18)24-12-15-3-5-16(21)6-4-15/h2-11,24H,12-13,22H2,1H3. The number of halogens is 1. The SMILES string of the molecule is Cc1ccc(COc2ccc(N)c(NCc3ccc(Br)cc3)c2)nc1. The number of nitrogen functional groups attached to an aromatic ring is 1. The first-order valence-corrected chi connectivity index (χ1v) is 8.81. The van der Waals surface area contributed by atoms with E-state index in [-0.39, 0.29) is 0 Å². The second kappa shape index (κ2) is 8.03. The van der Waals surface area contributed by atoms with Gasteiger partial charge in [0.05, 0.1) is 17.1 Å². The fraction of sp³-hybridized carbons (Fsp3) is 0.150. The number of hydrogen-bond acceptors (Lipinski definition) is 4. The summed E-state index contributed by atoms with van der Waals surface area (Å²) in [6, 6.07) is 17.8. The van der Waals surface area contributed by atoms with Crippen molar-refractivity contribution in [2.75, 3.05) is 11.1 Å². The van der Waals surface area contributed by atoms with E-state index in [0.717, 1.165) is 27.2 Å². The lowest BCUT2D eigenvalue weighted by molar-refractivity contribution is 0.301. The first kappa shape index (κ1) is 17.3. The van der Waals surface area contributed by atoms with Crippen LogP contribution in [0, 0.1) is 6.92 Å². The van der Waals surface area contributed by atoms with Gasteiger partial charge in [0.2, 0.25) is 0 Å². The van der Waals surface area contributed by atoms with Crippen LogP contribution < -0.4 is 15.8 Å². The van der Waals surface area contributed by atoms with E-state index in [0.29, 0.717) is 18.8 Å². The Morgan fingerprint density at radius 3 is 2.60 bits per heavy atom. The molecule has 0 amide bonds. The van der Waals surface area contributed by atoms with Crippen LogP contribution >= 0.6 is 15.9 Å². The van der Waals surface area contributed by atoms with Gasteiger partial charge < -0.3 is 15.8 Å². The Balaban J connectivity index is 1.63. The molecule has 1 heterocycles. The third-order valence-electron chi connectivity index (χ3n) is 3.78. The van der Waals surface area contributed by atoms with Crippen molar-refractivity contribution in [3.8, 4) is 5.75 Å². The fourth-order valence-corrected chi connectivity index (χ4v) is 2.58. The van der Waals surface area contributed by atoms with E-state index < -0.39 is 0 Å². The summed E-state index contributed by atoms with van der Waals surface area (Å²) >= 11 is 3.44. The van der Waals surface area contributed by atoms with Crippen LogP contribution in [0.4, 0.5) is 11.4 Å². The van der Waals surface area contributed by atoms with Gasteiger partial charge in [-0.25, -0.2) is 0 Å². The largest absolute Gasteiger partial charge is 0.487 e. The molecule has 0 bridgehead atoms. The molecule has 3 aromatic rings. The van der Waals surface area contributed by atoms with Crippen LogP contribution in [0.1, 0.15) is 16.8 Å². The maximum atomic E-state index is 6.06. The molecule has 0 unspecified atom stereocenters. The summed E-state index contributed by atoms with van der Waals surface area (Å²) in [6.45, 7) is 3.14. The summed E-state index contributed by atoms with van der Waals surface area (Å²) in [6.07, 6.45) is 1.84. The van der Waals surface area contributed by atoms with Gasteiger partial charge in [0, 0.05) is 23.3 Å². The van der Waals surface area contributed by atoms with Gasteiger partial charge in [-0.2, -0.15) is 0 Å². The fourth-order valence-electron chi connectivity index (χ4n) is 2.32. The number of benzene rings is 2. The molecule has 2 aromatic carbocycles. The number of nitrogens with zero attached hydrogens (tertiary/aromatic N) is 1. The summed E-state index contributed by atoms with van der Waals surface area (Å²) in [5.74, 6) is 0.759. The number of nitrogens with two attached hydrogens (primary N) is 1. The predicted octanol–water partition coefficient (Wildman–Crippen LogP) is 4.93. The highest BCUT2D eigenvalue weighted by atomic mass is 79.9. The molecule has 4 nitrogen and oxygen atoms in total. The molecule has 3 N–H and O–H groups in total. The number of hydrogen-bond donors (Lipinski definition) is 2. The Morgan fingerprint density at radius 2 is 1.88 bits per heavy atom. The summed E-state index contributed by atoms with van der Waals surface area (Å²) in [5.41, 5.74) is 10.8. The molecule has 0 spiro atoms. The van der Waals surface area contributed by atoms with Crippen molar-refractivity contribution in [1.82, 2.24) is 4.98 Å². The zero-order valence-electron chi connectivity index (χ0n) is 14.0. The molecule has 0 radical (unpaired) electrons. The highest BCUT2D eigenvalue weighted by Gasteiger charge is 2.04. The minimum atomic E-state index is 0.427. The monoisotopic (exact) mass is 397 g/mol. The Morgan fingerprint density at radius 1 is 1.08 bits per heavy atom. The van der Waals surface area contributed by atoms with E-state index in [2.05, 4.69) is 38.4 Å². The molecule has 25 heavy (non-hydrogen) atoms. The van der Waals surface area contributed by atoms with Gasteiger partial charge in [0.25, 0.3) is 0 Å². The van der Waals surface area contributed by atoms with Crippen LogP contribution in [0.15, 0.2) is 65.3 Å². The van der Waals surface area contributed by atoms with Gasteiger partial charge in [-0.3, -0.25) is 4.98 Å². The van der Waals surface area contributed by atoms with Gasteiger partial charge in [-0.1, -0.05) is 34.1 Å². The summed E-state index contributed by atoms with van der Waals surface area (Å²) in [4.78, 5) is 4.35. The Kier molecular flexibility index (Phi) is 5.56. The molecule has 3 rings (SSSR count). The number of nitrogens with one attached hydrogen (secondary N) is 1. The maximum absolute atomic E-state index is 6.06. The normalized spacial score (nSPS) is 10.5. The van der Waals surface area contributed by atoms with Crippen molar-refractivity contribution < 1.29 is 4.74 Å². The number of ether oxygens (including phenoxy) is 1. The quantitative estimate of drug-likeness (QED) is 0.579. The highest BCUT2D eigenvalue weighted by molar-refractivity contribution is 9.10. The predicted molar refractivity (Wildman–Crippen MR) is 106 cm³/mol. The summed E-state index contributed by atoms with van der Waals surface area (Å²) in [7, 11) is 0. The third-order valence-corrected chi connectivity index (χ3v) is 4.31. The van der Waals surface area contributed by atoms with Crippen LogP contribution in [-0.4, -0.2) is 4.98 Å². The molecular formula is C20H20BrN3O. The number of anilines is 2.